The van der Waals surface area contributed by atoms with Gasteiger partial charge >= 0.3 is 5.97 Å². The number of aliphatic carboxylic acids is 1. The van der Waals surface area contributed by atoms with Crippen LogP contribution in [0.5, 0.6) is 0 Å². The largest absolute Gasteiger partial charge is 0.481 e. The molecule has 0 heterocycles. The van der Waals surface area contributed by atoms with Gasteiger partial charge in [0.05, 0.1) is 6.10 Å². The highest BCUT2D eigenvalue weighted by molar-refractivity contribution is 5.88. The fraction of sp³-hybridized carbons (Fsp3) is 0.810. The number of carboxylic acids is 1. The van der Waals surface area contributed by atoms with Crippen LogP contribution in [0.1, 0.15) is 90.9 Å². The summed E-state index contributed by atoms with van der Waals surface area (Å²) in [7, 11) is 0. The van der Waals surface area contributed by atoms with Gasteiger partial charge in [-0.05, 0) is 38.0 Å². The monoisotopic (exact) mass is 352 g/mol. The van der Waals surface area contributed by atoms with E-state index >= 15 is 0 Å². The van der Waals surface area contributed by atoms with Crippen LogP contribution in [0, 0.1) is 11.8 Å². The summed E-state index contributed by atoms with van der Waals surface area (Å²) in [6.07, 6.45) is 12.0. The molecule has 4 heteroatoms. The lowest BCUT2D eigenvalue weighted by atomic mass is 9.88. The van der Waals surface area contributed by atoms with Crippen LogP contribution < -0.4 is 0 Å². The number of Topliss-reactive ketones (excluding diaryl/α,β-unsaturated/α-hetero) is 1. The van der Waals surface area contributed by atoms with E-state index in [0.717, 1.165) is 64.2 Å². The number of carbonyl (C=O) groups is 2. The van der Waals surface area contributed by atoms with E-state index < -0.39 is 5.97 Å². The number of aliphatic hydroxyl groups is 1. The van der Waals surface area contributed by atoms with Crippen molar-refractivity contribution < 1.29 is 19.8 Å². The number of carbonyl (C=O) groups excluding carboxylic acids is 1. The topological polar surface area (TPSA) is 74.6 Å². The van der Waals surface area contributed by atoms with E-state index in [1.165, 1.54) is 5.57 Å². The van der Waals surface area contributed by atoms with Gasteiger partial charge in [-0.2, -0.15) is 0 Å². The molecule has 0 fully saturated rings. The maximum Gasteiger partial charge on any atom is 0.303 e. The zero-order valence-corrected chi connectivity index (χ0v) is 16.0. The molecule has 2 N–H and O–H groups in total. The molecule has 144 valence electrons. The Labute approximate surface area is 152 Å². The molecule has 1 rings (SSSR count). The van der Waals surface area contributed by atoms with Crippen molar-refractivity contribution in [2.45, 2.75) is 97.0 Å². The minimum absolute atomic E-state index is 0.0395. The van der Waals surface area contributed by atoms with Crippen molar-refractivity contribution in [3.63, 3.8) is 0 Å². The molecule has 0 aromatic heterocycles. The Hall–Kier alpha value is -1.16. The number of unbranched alkanes of at least 4 members (excludes halogenated alkanes) is 4. The quantitative estimate of drug-likeness (QED) is 0.344. The van der Waals surface area contributed by atoms with Gasteiger partial charge in [0.25, 0.3) is 0 Å². The highest BCUT2D eigenvalue weighted by Crippen LogP contribution is 2.32. The molecule has 0 aromatic carbocycles. The highest BCUT2D eigenvalue weighted by Gasteiger charge is 2.27. The first kappa shape index (κ1) is 21.9. The molecule has 3 atom stereocenters. The molecule has 0 saturated heterocycles. The molecule has 0 aromatic rings. The Morgan fingerprint density at radius 3 is 2.60 bits per heavy atom. The lowest BCUT2D eigenvalue weighted by Crippen LogP contribution is -2.19. The van der Waals surface area contributed by atoms with E-state index in [4.69, 9.17) is 5.11 Å². The van der Waals surface area contributed by atoms with Gasteiger partial charge in [-0.1, -0.05) is 57.6 Å². The molecular weight excluding hydrogens is 316 g/mol. The lowest BCUT2D eigenvalue weighted by molar-refractivity contribution is -0.137. The summed E-state index contributed by atoms with van der Waals surface area (Å²) in [6, 6.07) is 0. The van der Waals surface area contributed by atoms with E-state index in [9.17, 15) is 14.7 Å². The first-order valence-electron chi connectivity index (χ1n) is 10.1. The molecule has 0 bridgehead atoms. The highest BCUT2D eigenvalue weighted by atomic mass is 16.4. The Morgan fingerprint density at radius 1 is 1.20 bits per heavy atom. The third-order valence-corrected chi connectivity index (χ3v) is 5.43. The average Bonchev–Trinajstić information content (AvgIpc) is 2.93. The maximum absolute atomic E-state index is 12.1. The van der Waals surface area contributed by atoms with Crippen molar-refractivity contribution in [2.24, 2.45) is 11.8 Å². The van der Waals surface area contributed by atoms with E-state index in [0.29, 0.717) is 18.1 Å². The summed E-state index contributed by atoms with van der Waals surface area (Å²) < 4.78 is 0. The van der Waals surface area contributed by atoms with Crippen LogP contribution in [0.3, 0.4) is 0 Å². The van der Waals surface area contributed by atoms with Gasteiger partial charge in [-0.25, -0.2) is 0 Å². The average molecular weight is 353 g/mol. The van der Waals surface area contributed by atoms with E-state index in [1.54, 1.807) is 0 Å². The number of hydrogen-bond acceptors (Lipinski definition) is 3. The normalized spacial score (nSPS) is 19.7. The number of allylic oxidation sites excluding steroid dienone is 2. The Morgan fingerprint density at radius 2 is 1.92 bits per heavy atom. The molecule has 1 aliphatic carbocycles. The zero-order chi connectivity index (χ0) is 18.7. The van der Waals surface area contributed by atoms with Gasteiger partial charge in [0.15, 0.2) is 0 Å². The zero-order valence-electron chi connectivity index (χ0n) is 16.0. The molecule has 25 heavy (non-hydrogen) atoms. The van der Waals surface area contributed by atoms with Crippen LogP contribution >= 0.6 is 0 Å². The predicted octanol–water partition coefficient (Wildman–Crippen LogP) is 4.89. The summed E-state index contributed by atoms with van der Waals surface area (Å²) in [5.74, 6) is -0.0556. The Kier molecular flexibility index (Phi) is 10.7. The second-order valence-corrected chi connectivity index (χ2v) is 7.57. The van der Waals surface area contributed by atoms with Crippen LogP contribution in [0.25, 0.3) is 0 Å². The van der Waals surface area contributed by atoms with Crippen molar-refractivity contribution >= 4 is 11.8 Å². The Balaban J connectivity index is 2.28. The number of rotatable bonds is 14. The molecule has 0 amide bonds. The van der Waals surface area contributed by atoms with Crippen molar-refractivity contribution in [2.75, 3.05) is 0 Å². The van der Waals surface area contributed by atoms with Crippen molar-refractivity contribution in [1.29, 1.82) is 0 Å². The SMILES string of the molecule is CCCCC(C)C(O)CCC1=CCC(=O)[C@@H]1CCCCCCC(=O)O. The summed E-state index contributed by atoms with van der Waals surface area (Å²) in [6.45, 7) is 4.28. The molecule has 0 spiro atoms. The van der Waals surface area contributed by atoms with Gasteiger partial charge in [0.2, 0.25) is 0 Å². The number of carboxylic acid groups (broad SMARTS) is 1. The fourth-order valence-corrected chi connectivity index (χ4v) is 3.64. The summed E-state index contributed by atoms with van der Waals surface area (Å²) >= 11 is 0. The first-order chi connectivity index (χ1) is 12.0. The second kappa shape index (κ2) is 12.2. The smallest absolute Gasteiger partial charge is 0.303 e. The van der Waals surface area contributed by atoms with Crippen LogP contribution in [-0.4, -0.2) is 28.1 Å². The standard InChI is InChI=1S/C21H36O4/c1-3-4-9-16(2)19(22)14-12-17-13-15-20(23)18(17)10-7-5-6-8-11-21(24)25/h13,16,18-19,22H,3-12,14-15H2,1-2H3,(H,24,25)/t16?,18-,19?/m1/s1. The second-order valence-electron chi connectivity index (χ2n) is 7.57. The van der Waals surface area contributed by atoms with Crippen molar-refractivity contribution in [3.05, 3.63) is 11.6 Å². The summed E-state index contributed by atoms with van der Waals surface area (Å²) in [4.78, 5) is 22.6. The number of aliphatic hydroxyl groups excluding tert-OH is 1. The molecule has 1 aliphatic rings. The first-order valence-corrected chi connectivity index (χ1v) is 10.1. The molecule has 0 saturated carbocycles. The van der Waals surface area contributed by atoms with Crippen molar-refractivity contribution in [1.82, 2.24) is 0 Å². The summed E-state index contributed by atoms with van der Waals surface area (Å²) in [5.41, 5.74) is 1.22. The van der Waals surface area contributed by atoms with Gasteiger partial charge < -0.3 is 10.2 Å². The molecule has 0 radical (unpaired) electrons. The van der Waals surface area contributed by atoms with Gasteiger partial charge in [-0.15, -0.1) is 0 Å². The van der Waals surface area contributed by atoms with Gasteiger partial charge in [-0.3, -0.25) is 9.59 Å². The maximum atomic E-state index is 12.1. The molecule has 0 aliphatic heterocycles. The van der Waals surface area contributed by atoms with Crippen molar-refractivity contribution in [3.8, 4) is 0 Å². The molecule has 4 nitrogen and oxygen atoms in total. The third-order valence-electron chi connectivity index (χ3n) is 5.43. The third kappa shape index (κ3) is 8.66. The van der Waals surface area contributed by atoms with Crippen LogP contribution in [-0.2, 0) is 9.59 Å². The van der Waals surface area contributed by atoms with E-state index in [2.05, 4.69) is 19.9 Å². The van der Waals surface area contributed by atoms with Crippen LogP contribution in [0.4, 0.5) is 0 Å². The minimum Gasteiger partial charge on any atom is -0.481 e. The van der Waals surface area contributed by atoms with Crippen LogP contribution in [0.15, 0.2) is 11.6 Å². The molecular formula is C21H36O4. The fourth-order valence-electron chi connectivity index (χ4n) is 3.64. The number of ketones is 1. The number of hydrogen-bond donors (Lipinski definition) is 2. The van der Waals surface area contributed by atoms with E-state index in [-0.39, 0.29) is 18.4 Å². The van der Waals surface area contributed by atoms with E-state index in [1.807, 2.05) is 0 Å². The molecule has 2 unspecified atom stereocenters. The summed E-state index contributed by atoms with van der Waals surface area (Å²) in [5, 5.41) is 18.9. The van der Waals surface area contributed by atoms with Crippen LogP contribution in [0.2, 0.25) is 0 Å². The Bertz CT molecular complexity index is 441. The predicted molar refractivity (Wildman–Crippen MR) is 100 cm³/mol. The minimum atomic E-state index is -0.733. The lowest BCUT2D eigenvalue weighted by Gasteiger charge is -2.20. The van der Waals surface area contributed by atoms with Gasteiger partial charge in [0, 0.05) is 18.8 Å². The van der Waals surface area contributed by atoms with Gasteiger partial charge in [0.1, 0.15) is 5.78 Å².